The summed E-state index contributed by atoms with van der Waals surface area (Å²) in [5.74, 6) is -0.280. The highest BCUT2D eigenvalue weighted by atomic mass is 19.1. The van der Waals surface area contributed by atoms with Crippen molar-refractivity contribution in [1.29, 1.82) is 0 Å². The van der Waals surface area contributed by atoms with Gasteiger partial charge in [0.1, 0.15) is 0 Å². The van der Waals surface area contributed by atoms with Gasteiger partial charge < -0.3 is 4.98 Å². The molecule has 0 atom stereocenters. The van der Waals surface area contributed by atoms with Gasteiger partial charge in [-0.25, -0.2) is 4.98 Å². The van der Waals surface area contributed by atoms with Gasteiger partial charge in [0.25, 0.3) is 0 Å². The number of carbonyl (C=O) groups is 1. The van der Waals surface area contributed by atoms with Crippen molar-refractivity contribution in [2.24, 2.45) is 5.41 Å². The van der Waals surface area contributed by atoms with Gasteiger partial charge in [-0.15, -0.1) is 0 Å². The van der Waals surface area contributed by atoms with Crippen molar-refractivity contribution in [1.82, 2.24) is 9.97 Å². The van der Waals surface area contributed by atoms with Crippen molar-refractivity contribution in [3.8, 4) is 11.3 Å². The Morgan fingerprint density at radius 2 is 1.92 bits per heavy atom. The highest BCUT2D eigenvalue weighted by molar-refractivity contribution is 6.02. The summed E-state index contributed by atoms with van der Waals surface area (Å²) in [4.78, 5) is 20.1. The smallest absolute Gasteiger partial charge is 0.213 e. The van der Waals surface area contributed by atoms with Gasteiger partial charge in [0.05, 0.1) is 5.69 Å². The molecule has 0 amide bonds. The number of halogens is 1. The number of benzene rings is 1. The molecule has 1 aromatic carbocycles. The summed E-state index contributed by atoms with van der Waals surface area (Å²) in [5, 5.41) is 0. The van der Waals surface area contributed by atoms with Gasteiger partial charge >= 0.3 is 0 Å². The van der Waals surface area contributed by atoms with E-state index in [1.165, 1.54) is 12.3 Å². The third kappa shape index (κ3) is 2.57. The standard InChI is InChI=1S/C22H19FN2O/c23-19-11-15(6-9-24-19)21-16(10-14-4-2-1-3-5-14)20-17(25-21)12-22(7-8-22)13-18(20)26/h1-6,9,11,25H,7-8,10,12-13H2. The third-order valence-electron chi connectivity index (χ3n) is 5.74. The summed E-state index contributed by atoms with van der Waals surface area (Å²) in [5.41, 5.74) is 5.76. The number of fused-ring (bicyclic) bond motifs is 1. The fourth-order valence-electron chi connectivity index (χ4n) is 4.24. The van der Waals surface area contributed by atoms with E-state index in [0.717, 1.165) is 52.9 Å². The molecule has 0 radical (unpaired) electrons. The lowest BCUT2D eigenvalue weighted by Gasteiger charge is -2.21. The van der Waals surface area contributed by atoms with Crippen molar-refractivity contribution in [2.75, 3.05) is 0 Å². The molecule has 0 aliphatic heterocycles. The number of pyridine rings is 1. The van der Waals surface area contributed by atoms with Crippen LogP contribution in [0, 0.1) is 11.4 Å². The van der Waals surface area contributed by atoms with Crippen molar-refractivity contribution in [3.05, 3.63) is 77.0 Å². The Morgan fingerprint density at radius 3 is 2.65 bits per heavy atom. The van der Waals surface area contributed by atoms with Gasteiger partial charge in [0.2, 0.25) is 5.95 Å². The molecule has 3 nitrogen and oxygen atoms in total. The molecular formula is C22H19FN2O. The van der Waals surface area contributed by atoms with E-state index in [2.05, 4.69) is 22.1 Å². The van der Waals surface area contributed by atoms with Gasteiger partial charge in [-0.1, -0.05) is 30.3 Å². The molecule has 130 valence electrons. The Morgan fingerprint density at radius 1 is 1.12 bits per heavy atom. The highest BCUT2D eigenvalue weighted by Crippen LogP contribution is 2.55. The van der Waals surface area contributed by atoms with E-state index in [1.54, 1.807) is 6.07 Å². The molecule has 0 unspecified atom stereocenters. The van der Waals surface area contributed by atoms with Crippen molar-refractivity contribution < 1.29 is 9.18 Å². The predicted molar refractivity (Wildman–Crippen MR) is 97.5 cm³/mol. The quantitative estimate of drug-likeness (QED) is 0.698. The largest absolute Gasteiger partial charge is 0.358 e. The second-order valence-electron chi connectivity index (χ2n) is 7.64. The number of hydrogen-bond acceptors (Lipinski definition) is 2. The summed E-state index contributed by atoms with van der Waals surface area (Å²) in [6.45, 7) is 0. The molecule has 26 heavy (non-hydrogen) atoms. The van der Waals surface area contributed by atoms with Crippen molar-refractivity contribution in [2.45, 2.75) is 32.1 Å². The average Bonchev–Trinajstić information content (AvgIpc) is 3.26. The Kier molecular flexibility index (Phi) is 3.36. The molecule has 1 spiro atoms. The van der Waals surface area contributed by atoms with Crippen LogP contribution in [-0.4, -0.2) is 15.8 Å². The van der Waals surface area contributed by atoms with E-state index in [9.17, 15) is 9.18 Å². The summed E-state index contributed by atoms with van der Waals surface area (Å²) in [6, 6.07) is 13.3. The number of aromatic nitrogens is 2. The van der Waals surface area contributed by atoms with Gasteiger partial charge in [0, 0.05) is 41.9 Å². The van der Waals surface area contributed by atoms with Gasteiger partial charge in [-0.2, -0.15) is 4.39 Å². The van der Waals surface area contributed by atoms with E-state index >= 15 is 0 Å². The number of ketones is 1. The molecule has 1 saturated carbocycles. The lowest BCUT2D eigenvalue weighted by molar-refractivity contribution is 0.0940. The zero-order chi connectivity index (χ0) is 17.7. The highest BCUT2D eigenvalue weighted by Gasteiger charge is 2.49. The average molecular weight is 346 g/mol. The lowest BCUT2D eigenvalue weighted by Crippen LogP contribution is -2.21. The number of nitrogens with zero attached hydrogens (tertiary/aromatic N) is 1. The Labute approximate surface area is 151 Å². The monoisotopic (exact) mass is 346 g/mol. The zero-order valence-electron chi connectivity index (χ0n) is 14.4. The minimum Gasteiger partial charge on any atom is -0.358 e. The van der Waals surface area contributed by atoms with Crippen LogP contribution in [0.3, 0.4) is 0 Å². The Hall–Kier alpha value is -2.75. The van der Waals surface area contributed by atoms with E-state index < -0.39 is 5.95 Å². The maximum atomic E-state index is 13.7. The van der Waals surface area contributed by atoms with E-state index in [1.807, 2.05) is 18.2 Å². The van der Waals surface area contributed by atoms with Crippen LogP contribution in [0.4, 0.5) is 4.39 Å². The number of nitrogens with one attached hydrogen (secondary N) is 1. The molecule has 1 fully saturated rings. The first-order valence-corrected chi connectivity index (χ1v) is 9.06. The van der Waals surface area contributed by atoms with Gasteiger partial charge in [-0.05, 0) is 41.9 Å². The van der Waals surface area contributed by atoms with Crippen LogP contribution in [-0.2, 0) is 12.8 Å². The second-order valence-corrected chi connectivity index (χ2v) is 7.64. The van der Waals surface area contributed by atoms with Crippen LogP contribution in [0.2, 0.25) is 0 Å². The maximum Gasteiger partial charge on any atom is 0.213 e. The predicted octanol–water partition coefficient (Wildman–Crippen LogP) is 4.72. The molecule has 2 aromatic heterocycles. The molecular weight excluding hydrogens is 327 g/mol. The molecule has 0 saturated heterocycles. The first kappa shape index (κ1) is 15.5. The molecule has 0 bridgehead atoms. The molecule has 1 N–H and O–H groups in total. The Bertz CT molecular complexity index is 1000. The molecule has 2 heterocycles. The van der Waals surface area contributed by atoms with E-state index in [0.29, 0.717) is 12.8 Å². The fourth-order valence-corrected chi connectivity index (χ4v) is 4.24. The Balaban J connectivity index is 1.67. The van der Waals surface area contributed by atoms with Crippen LogP contribution in [0.25, 0.3) is 11.3 Å². The first-order chi connectivity index (χ1) is 12.6. The number of rotatable bonds is 3. The van der Waals surface area contributed by atoms with E-state index in [4.69, 9.17) is 0 Å². The summed E-state index contributed by atoms with van der Waals surface area (Å²) >= 11 is 0. The number of hydrogen-bond donors (Lipinski definition) is 1. The normalized spacial score (nSPS) is 17.3. The van der Waals surface area contributed by atoms with Crippen LogP contribution >= 0.6 is 0 Å². The van der Waals surface area contributed by atoms with Crippen LogP contribution in [0.15, 0.2) is 48.7 Å². The fraction of sp³-hybridized carbons (Fsp3) is 0.273. The number of Topliss-reactive ketones (excluding diaryl/α,β-unsaturated/α-hetero) is 1. The third-order valence-corrected chi connectivity index (χ3v) is 5.74. The van der Waals surface area contributed by atoms with E-state index in [-0.39, 0.29) is 11.2 Å². The number of carbonyl (C=O) groups excluding carboxylic acids is 1. The summed E-state index contributed by atoms with van der Waals surface area (Å²) in [7, 11) is 0. The van der Waals surface area contributed by atoms with Crippen molar-refractivity contribution >= 4 is 5.78 Å². The molecule has 2 aliphatic rings. The topological polar surface area (TPSA) is 45.8 Å². The minimum atomic E-state index is -0.509. The second kappa shape index (κ2) is 5.63. The number of aromatic amines is 1. The zero-order valence-corrected chi connectivity index (χ0v) is 14.4. The van der Waals surface area contributed by atoms with Gasteiger partial charge in [-0.3, -0.25) is 4.79 Å². The van der Waals surface area contributed by atoms with Crippen LogP contribution < -0.4 is 0 Å². The summed E-state index contributed by atoms with van der Waals surface area (Å²) < 4.78 is 13.7. The summed E-state index contributed by atoms with van der Waals surface area (Å²) in [6.07, 6.45) is 5.95. The lowest BCUT2D eigenvalue weighted by atomic mass is 9.82. The van der Waals surface area contributed by atoms with Gasteiger partial charge in [0.15, 0.2) is 5.78 Å². The SMILES string of the molecule is O=C1CC2(CC2)Cc2[nH]c(-c3ccnc(F)c3)c(Cc3ccccc3)c21. The maximum absolute atomic E-state index is 13.7. The minimum absolute atomic E-state index is 0.180. The molecule has 2 aliphatic carbocycles. The number of H-pyrrole nitrogens is 1. The van der Waals surface area contributed by atoms with Crippen LogP contribution in [0.5, 0.6) is 0 Å². The molecule has 5 rings (SSSR count). The van der Waals surface area contributed by atoms with Crippen LogP contribution in [0.1, 0.15) is 46.4 Å². The van der Waals surface area contributed by atoms with Crippen molar-refractivity contribution in [3.63, 3.8) is 0 Å². The molecule has 3 aromatic rings. The molecule has 4 heteroatoms. The first-order valence-electron chi connectivity index (χ1n) is 9.06.